The molecular formula is C17H23F3O2. The molecule has 22 heavy (non-hydrogen) atoms. The molecule has 0 radical (unpaired) electrons. The topological polar surface area (TPSA) is 21.8 Å². The van der Waals surface area contributed by atoms with E-state index in [4.69, 9.17) is 9.47 Å². The first kappa shape index (κ1) is 15.0. The van der Waals surface area contributed by atoms with E-state index in [0.717, 1.165) is 24.7 Å². The number of rotatable bonds is 4. The summed E-state index contributed by atoms with van der Waals surface area (Å²) in [5.74, 6) is 2.79. The fourth-order valence-corrected chi connectivity index (χ4v) is 5.67. The van der Waals surface area contributed by atoms with Gasteiger partial charge >= 0.3 is 6.18 Å². The van der Waals surface area contributed by atoms with E-state index in [9.17, 15) is 13.2 Å². The van der Waals surface area contributed by atoms with E-state index in [0.29, 0.717) is 11.8 Å². The second-order valence-corrected chi connectivity index (χ2v) is 7.55. The first-order valence-corrected chi connectivity index (χ1v) is 8.45. The van der Waals surface area contributed by atoms with Gasteiger partial charge in [0.25, 0.3) is 0 Å². The summed E-state index contributed by atoms with van der Waals surface area (Å²) in [6.45, 7) is 5.23. The van der Waals surface area contributed by atoms with Crippen LogP contribution in [0, 0.1) is 23.7 Å². The van der Waals surface area contributed by atoms with Gasteiger partial charge in [0.2, 0.25) is 0 Å². The highest BCUT2D eigenvalue weighted by Gasteiger charge is 2.63. The molecule has 2 bridgehead atoms. The van der Waals surface area contributed by atoms with Crippen LogP contribution < -0.4 is 0 Å². The molecule has 0 amide bonds. The normalized spacial score (nSPS) is 49.5. The Bertz CT molecular complexity index is 489. The van der Waals surface area contributed by atoms with E-state index in [1.54, 1.807) is 0 Å². The monoisotopic (exact) mass is 316 g/mol. The highest BCUT2D eigenvalue weighted by molar-refractivity contribution is 5.18. The van der Waals surface area contributed by atoms with Crippen molar-refractivity contribution in [1.82, 2.24) is 0 Å². The maximum Gasteiger partial charge on any atom is 0.414 e. The SMILES string of the molecule is C=C(C1OC1OC1(CC)CC2CC1C1CCCC21)C(F)(F)F. The Morgan fingerprint density at radius 3 is 2.73 bits per heavy atom. The molecule has 3 aliphatic carbocycles. The Hall–Kier alpha value is -0.550. The molecular weight excluding hydrogens is 293 g/mol. The van der Waals surface area contributed by atoms with Gasteiger partial charge in [0.1, 0.15) is 6.10 Å². The minimum absolute atomic E-state index is 0.262. The van der Waals surface area contributed by atoms with Crippen LogP contribution in [0.15, 0.2) is 12.2 Å². The van der Waals surface area contributed by atoms with Gasteiger partial charge in [0.05, 0.1) is 11.2 Å². The molecule has 4 aliphatic rings. The van der Waals surface area contributed by atoms with Gasteiger partial charge in [-0.15, -0.1) is 0 Å². The Morgan fingerprint density at radius 1 is 1.32 bits per heavy atom. The highest BCUT2D eigenvalue weighted by Crippen LogP contribution is 2.65. The first-order valence-electron chi connectivity index (χ1n) is 8.45. The van der Waals surface area contributed by atoms with Crippen LogP contribution in [0.2, 0.25) is 0 Å². The highest BCUT2D eigenvalue weighted by atomic mass is 19.4. The summed E-state index contributed by atoms with van der Waals surface area (Å²) in [5, 5.41) is 0. The number of hydrogen-bond donors (Lipinski definition) is 0. The Kier molecular flexibility index (Phi) is 3.22. The molecule has 0 N–H and O–H groups in total. The average Bonchev–Trinajstić information content (AvgIpc) is 2.83. The summed E-state index contributed by atoms with van der Waals surface area (Å²) in [7, 11) is 0. The minimum atomic E-state index is -4.40. The molecule has 7 atom stereocenters. The van der Waals surface area contributed by atoms with E-state index in [2.05, 4.69) is 13.5 Å². The van der Waals surface area contributed by atoms with E-state index < -0.39 is 24.1 Å². The van der Waals surface area contributed by atoms with Crippen molar-refractivity contribution in [3.63, 3.8) is 0 Å². The standard InChI is InChI=1S/C17H23F3O2/c1-3-16(22-15-14(21-15)9(2)17(18,19)20)8-10-7-13(16)12-6-4-5-11(10)12/h10-15H,2-8H2,1H3. The summed E-state index contributed by atoms with van der Waals surface area (Å²) >= 11 is 0. The van der Waals surface area contributed by atoms with Gasteiger partial charge in [0.15, 0.2) is 6.29 Å². The van der Waals surface area contributed by atoms with Crippen LogP contribution in [0.1, 0.15) is 45.4 Å². The summed E-state index contributed by atoms with van der Waals surface area (Å²) in [5.41, 5.74) is -1.08. The molecule has 4 rings (SSSR count). The van der Waals surface area contributed by atoms with Gasteiger partial charge in [-0.25, -0.2) is 0 Å². The van der Waals surface area contributed by atoms with Gasteiger partial charge in [-0.2, -0.15) is 13.2 Å². The van der Waals surface area contributed by atoms with Gasteiger partial charge in [0, 0.05) is 0 Å². The summed E-state index contributed by atoms with van der Waals surface area (Å²) < 4.78 is 49.4. The Morgan fingerprint density at radius 2 is 2.05 bits per heavy atom. The molecule has 0 aromatic carbocycles. The van der Waals surface area contributed by atoms with Crippen molar-refractivity contribution >= 4 is 0 Å². The number of halogens is 3. The number of fused-ring (bicyclic) bond motifs is 5. The zero-order chi connectivity index (χ0) is 15.7. The van der Waals surface area contributed by atoms with Crippen molar-refractivity contribution in [3.8, 4) is 0 Å². The van der Waals surface area contributed by atoms with Crippen LogP contribution in [0.4, 0.5) is 13.2 Å². The molecule has 124 valence electrons. The summed E-state index contributed by atoms with van der Waals surface area (Å²) in [4.78, 5) is 0. The fraction of sp³-hybridized carbons (Fsp3) is 0.882. The number of ether oxygens (including phenoxy) is 2. The molecule has 1 aliphatic heterocycles. The van der Waals surface area contributed by atoms with E-state index in [1.807, 2.05) is 0 Å². The van der Waals surface area contributed by atoms with Crippen LogP contribution in [0.3, 0.4) is 0 Å². The number of epoxide rings is 1. The van der Waals surface area contributed by atoms with Crippen LogP contribution in [0.25, 0.3) is 0 Å². The molecule has 5 heteroatoms. The second-order valence-electron chi connectivity index (χ2n) is 7.55. The zero-order valence-corrected chi connectivity index (χ0v) is 12.9. The molecule has 0 spiro atoms. The van der Waals surface area contributed by atoms with E-state index in [-0.39, 0.29) is 5.60 Å². The lowest BCUT2D eigenvalue weighted by Crippen LogP contribution is -2.44. The van der Waals surface area contributed by atoms with Crippen LogP contribution in [-0.2, 0) is 9.47 Å². The number of alkyl halides is 3. The molecule has 2 nitrogen and oxygen atoms in total. The van der Waals surface area contributed by atoms with Crippen molar-refractivity contribution in [3.05, 3.63) is 12.2 Å². The molecule has 0 aromatic rings. The second kappa shape index (κ2) is 4.73. The predicted octanol–water partition coefficient (Wildman–Crippen LogP) is 4.45. The number of hydrogen-bond acceptors (Lipinski definition) is 2. The average molecular weight is 316 g/mol. The van der Waals surface area contributed by atoms with Crippen molar-refractivity contribution in [1.29, 1.82) is 0 Å². The maximum absolute atomic E-state index is 12.7. The van der Waals surface area contributed by atoms with Gasteiger partial charge in [-0.1, -0.05) is 19.9 Å². The Balaban J connectivity index is 1.46. The first-order chi connectivity index (χ1) is 10.4. The lowest BCUT2D eigenvalue weighted by atomic mass is 9.71. The lowest BCUT2D eigenvalue weighted by Gasteiger charge is -2.42. The summed E-state index contributed by atoms with van der Waals surface area (Å²) in [6, 6.07) is 0. The molecule has 0 aromatic heterocycles. The van der Waals surface area contributed by atoms with Crippen molar-refractivity contribution in [2.45, 2.75) is 69.6 Å². The van der Waals surface area contributed by atoms with Crippen molar-refractivity contribution < 1.29 is 22.6 Å². The van der Waals surface area contributed by atoms with Crippen molar-refractivity contribution in [2.24, 2.45) is 23.7 Å². The molecule has 1 saturated heterocycles. The van der Waals surface area contributed by atoms with Crippen LogP contribution in [0.5, 0.6) is 0 Å². The molecule has 3 saturated carbocycles. The van der Waals surface area contributed by atoms with Crippen LogP contribution in [-0.4, -0.2) is 24.2 Å². The Labute approximate surface area is 129 Å². The fourth-order valence-electron chi connectivity index (χ4n) is 5.67. The predicted molar refractivity (Wildman–Crippen MR) is 75.0 cm³/mol. The molecule has 7 unspecified atom stereocenters. The van der Waals surface area contributed by atoms with Gasteiger partial charge < -0.3 is 9.47 Å². The third-order valence-electron chi connectivity index (χ3n) is 6.70. The molecule has 1 heterocycles. The smallest absolute Gasteiger partial charge is 0.343 e. The van der Waals surface area contributed by atoms with Gasteiger partial charge in [-0.05, 0) is 55.8 Å². The quantitative estimate of drug-likeness (QED) is 0.564. The lowest BCUT2D eigenvalue weighted by molar-refractivity contribution is -0.141. The third kappa shape index (κ3) is 2.08. The van der Waals surface area contributed by atoms with Crippen LogP contribution >= 0.6 is 0 Å². The van der Waals surface area contributed by atoms with Gasteiger partial charge in [-0.3, -0.25) is 0 Å². The molecule has 4 fully saturated rings. The van der Waals surface area contributed by atoms with E-state index >= 15 is 0 Å². The maximum atomic E-state index is 12.7. The largest absolute Gasteiger partial charge is 0.414 e. The van der Waals surface area contributed by atoms with E-state index in [1.165, 1.54) is 25.7 Å². The minimum Gasteiger partial charge on any atom is -0.343 e. The third-order valence-corrected chi connectivity index (χ3v) is 6.70. The summed E-state index contributed by atoms with van der Waals surface area (Å²) in [6.07, 6.45) is 0.822. The van der Waals surface area contributed by atoms with Crippen molar-refractivity contribution in [2.75, 3.05) is 0 Å². The zero-order valence-electron chi connectivity index (χ0n) is 12.9.